The molecule has 0 aliphatic heterocycles. The Kier molecular flexibility index (Phi) is 3.85. The largest absolute Gasteiger partial charge is 0.493 e. The zero-order chi connectivity index (χ0) is 17.2. The van der Waals surface area contributed by atoms with Gasteiger partial charge in [-0.1, -0.05) is 12.1 Å². The molecule has 0 saturated carbocycles. The fourth-order valence-electron chi connectivity index (χ4n) is 2.80. The van der Waals surface area contributed by atoms with Crippen LogP contribution in [0.5, 0.6) is 11.5 Å². The lowest BCUT2D eigenvalue weighted by Gasteiger charge is -2.11. The van der Waals surface area contributed by atoms with E-state index in [2.05, 4.69) is 15.0 Å². The molecule has 25 heavy (non-hydrogen) atoms. The van der Waals surface area contributed by atoms with Crippen molar-refractivity contribution in [2.45, 2.75) is 13.5 Å². The highest BCUT2D eigenvalue weighted by Crippen LogP contribution is 2.31. The maximum atomic E-state index is 5.94. The molecule has 0 unspecified atom stereocenters. The number of imidazole rings is 2. The van der Waals surface area contributed by atoms with E-state index in [-0.39, 0.29) is 0 Å². The summed E-state index contributed by atoms with van der Waals surface area (Å²) in [5.74, 6) is 2.23. The summed E-state index contributed by atoms with van der Waals surface area (Å²) < 4.78 is 13.3. The van der Waals surface area contributed by atoms with Crippen molar-refractivity contribution in [1.29, 1.82) is 0 Å². The van der Waals surface area contributed by atoms with Crippen molar-refractivity contribution >= 4 is 11.0 Å². The van der Waals surface area contributed by atoms with Gasteiger partial charge in [-0.2, -0.15) is 0 Å². The highest BCUT2D eigenvalue weighted by molar-refractivity contribution is 5.77. The third kappa shape index (κ3) is 2.94. The number of ether oxygens (including phenoxy) is 2. The number of aryl methyl sites for hydroxylation is 1. The molecule has 126 valence electrons. The molecule has 2 aromatic heterocycles. The van der Waals surface area contributed by atoms with Gasteiger partial charge in [0.1, 0.15) is 12.4 Å². The van der Waals surface area contributed by atoms with E-state index in [1.165, 1.54) is 0 Å². The molecule has 6 heteroatoms. The maximum Gasteiger partial charge on any atom is 0.164 e. The van der Waals surface area contributed by atoms with E-state index in [9.17, 15) is 0 Å². The normalized spacial score (nSPS) is 11.0. The Balaban J connectivity index is 1.58. The fraction of sp³-hybridized carbons (Fsp3) is 0.158. The Morgan fingerprint density at radius 3 is 2.92 bits per heavy atom. The molecule has 0 atom stereocenters. The Bertz CT molecular complexity index is 1010. The van der Waals surface area contributed by atoms with Gasteiger partial charge in [-0.05, 0) is 36.8 Å². The quantitative estimate of drug-likeness (QED) is 0.605. The zero-order valence-electron chi connectivity index (χ0n) is 14.1. The molecule has 0 amide bonds. The number of methoxy groups -OCH3 is 1. The van der Waals surface area contributed by atoms with Gasteiger partial charge in [-0.15, -0.1) is 0 Å². The lowest BCUT2D eigenvalue weighted by atomic mass is 10.2. The molecule has 0 aliphatic carbocycles. The minimum Gasteiger partial charge on any atom is -0.493 e. The van der Waals surface area contributed by atoms with Crippen molar-refractivity contribution < 1.29 is 9.47 Å². The van der Waals surface area contributed by atoms with Crippen LogP contribution < -0.4 is 9.47 Å². The number of nitrogens with zero attached hydrogens (tertiary/aromatic N) is 3. The summed E-state index contributed by atoms with van der Waals surface area (Å²) >= 11 is 0. The number of benzene rings is 2. The first-order valence-electron chi connectivity index (χ1n) is 7.98. The minimum atomic E-state index is 0.344. The first-order valence-corrected chi connectivity index (χ1v) is 7.98. The van der Waals surface area contributed by atoms with E-state index in [1.807, 2.05) is 54.1 Å². The van der Waals surface area contributed by atoms with Gasteiger partial charge in [0.25, 0.3) is 0 Å². The predicted molar refractivity (Wildman–Crippen MR) is 95.3 cm³/mol. The van der Waals surface area contributed by atoms with Gasteiger partial charge in [0.05, 0.1) is 24.5 Å². The molecular formula is C19H18N4O2. The summed E-state index contributed by atoms with van der Waals surface area (Å²) in [4.78, 5) is 12.0. The highest BCUT2D eigenvalue weighted by atomic mass is 16.5. The van der Waals surface area contributed by atoms with Gasteiger partial charge in [-0.25, -0.2) is 9.97 Å². The third-order valence-corrected chi connectivity index (χ3v) is 4.07. The molecule has 2 heterocycles. The number of aromatic nitrogens is 4. The zero-order valence-corrected chi connectivity index (χ0v) is 14.1. The SMILES string of the molecule is COc1cccc(C)c1OCc1nc2ccc(-n3ccnc3)cc2[nH]1. The topological polar surface area (TPSA) is 65.0 Å². The molecule has 2 aromatic carbocycles. The van der Waals surface area contributed by atoms with E-state index in [0.717, 1.165) is 39.6 Å². The summed E-state index contributed by atoms with van der Waals surface area (Å²) in [6.45, 7) is 2.34. The van der Waals surface area contributed by atoms with Crippen LogP contribution in [0.1, 0.15) is 11.4 Å². The molecule has 0 fully saturated rings. The minimum absolute atomic E-state index is 0.344. The van der Waals surface area contributed by atoms with Gasteiger partial charge in [0, 0.05) is 18.1 Å². The second-order valence-corrected chi connectivity index (χ2v) is 5.75. The lowest BCUT2D eigenvalue weighted by Crippen LogP contribution is -2.00. The Morgan fingerprint density at radius 1 is 1.20 bits per heavy atom. The smallest absolute Gasteiger partial charge is 0.164 e. The number of hydrogen-bond donors (Lipinski definition) is 1. The molecule has 0 saturated heterocycles. The second-order valence-electron chi connectivity index (χ2n) is 5.75. The molecule has 6 nitrogen and oxygen atoms in total. The Labute approximate surface area is 145 Å². The first-order chi connectivity index (χ1) is 12.2. The molecule has 1 N–H and O–H groups in total. The number of nitrogens with one attached hydrogen (secondary N) is 1. The van der Waals surface area contributed by atoms with Crippen molar-refractivity contribution in [3.63, 3.8) is 0 Å². The molecular weight excluding hydrogens is 316 g/mol. The standard InChI is InChI=1S/C19H18N4O2/c1-13-4-3-5-17(24-2)19(13)25-11-18-21-15-7-6-14(10-16(15)22-18)23-9-8-20-12-23/h3-10,12H,11H2,1-2H3,(H,21,22). The van der Waals surface area contributed by atoms with E-state index in [4.69, 9.17) is 9.47 Å². The Morgan fingerprint density at radius 2 is 2.12 bits per heavy atom. The van der Waals surface area contributed by atoms with Crippen LogP contribution in [-0.2, 0) is 6.61 Å². The van der Waals surface area contributed by atoms with Gasteiger partial charge in [0.2, 0.25) is 0 Å². The van der Waals surface area contributed by atoms with E-state index < -0.39 is 0 Å². The summed E-state index contributed by atoms with van der Waals surface area (Å²) in [5, 5.41) is 0. The average molecular weight is 334 g/mol. The van der Waals surface area contributed by atoms with Crippen molar-refractivity contribution in [1.82, 2.24) is 19.5 Å². The molecule has 4 aromatic rings. The first kappa shape index (κ1) is 15.3. The average Bonchev–Trinajstić information content (AvgIpc) is 3.29. The van der Waals surface area contributed by atoms with Gasteiger partial charge in [0.15, 0.2) is 11.5 Å². The summed E-state index contributed by atoms with van der Waals surface area (Å²) in [7, 11) is 1.64. The second kappa shape index (κ2) is 6.32. The van der Waals surface area contributed by atoms with Crippen LogP contribution in [-0.4, -0.2) is 26.6 Å². The van der Waals surface area contributed by atoms with Gasteiger partial charge < -0.3 is 19.0 Å². The van der Waals surface area contributed by atoms with E-state index in [1.54, 1.807) is 19.6 Å². The number of rotatable bonds is 5. The van der Waals surface area contributed by atoms with E-state index in [0.29, 0.717) is 6.61 Å². The maximum absolute atomic E-state index is 5.94. The van der Waals surface area contributed by atoms with Crippen molar-refractivity contribution in [2.75, 3.05) is 7.11 Å². The molecule has 0 spiro atoms. The molecule has 0 radical (unpaired) electrons. The van der Waals surface area contributed by atoms with Gasteiger partial charge >= 0.3 is 0 Å². The van der Waals surface area contributed by atoms with Crippen LogP contribution in [0.3, 0.4) is 0 Å². The monoisotopic (exact) mass is 334 g/mol. The number of para-hydroxylation sites is 1. The number of aromatic amines is 1. The molecule has 4 rings (SSSR count). The number of H-pyrrole nitrogens is 1. The van der Waals surface area contributed by atoms with Crippen LogP contribution in [0, 0.1) is 6.92 Å². The summed E-state index contributed by atoms with van der Waals surface area (Å²) in [6.07, 6.45) is 5.43. The number of fused-ring (bicyclic) bond motifs is 1. The van der Waals surface area contributed by atoms with E-state index >= 15 is 0 Å². The van der Waals surface area contributed by atoms with Crippen LogP contribution in [0.4, 0.5) is 0 Å². The lowest BCUT2D eigenvalue weighted by molar-refractivity contribution is 0.275. The van der Waals surface area contributed by atoms with Crippen LogP contribution in [0.2, 0.25) is 0 Å². The highest BCUT2D eigenvalue weighted by Gasteiger charge is 2.10. The Hall–Kier alpha value is -3.28. The number of hydrogen-bond acceptors (Lipinski definition) is 4. The molecule has 0 aliphatic rings. The summed E-state index contributed by atoms with van der Waals surface area (Å²) in [5.41, 5.74) is 3.92. The van der Waals surface area contributed by atoms with Crippen molar-refractivity contribution in [3.05, 3.63) is 66.5 Å². The fourth-order valence-corrected chi connectivity index (χ4v) is 2.80. The van der Waals surface area contributed by atoms with Gasteiger partial charge in [-0.3, -0.25) is 0 Å². The summed E-state index contributed by atoms with van der Waals surface area (Å²) in [6, 6.07) is 11.9. The molecule has 0 bridgehead atoms. The van der Waals surface area contributed by atoms with Crippen molar-refractivity contribution in [2.24, 2.45) is 0 Å². The van der Waals surface area contributed by atoms with Crippen LogP contribution >= 0.6 is 0 Å². The van der Waals surface area contributed by atoms with Crippen LogP contribution in [0.25, 0.3) is 16.7 Å². The third-order valence-electron chi connectivity index (χ3n) is 4.07. The van der Waals surface area contributed by atoms with Crippen molar-refractivity contribution in [3.8, 4) is 17.2 Å². The predicted octanol–water partition coefficient (Wildman–Crippen LogP) is 3.64. The van der Waals surface area contributed by atoms with Crippen LogP contribution in [0.15, 0.2) is 55.1 Å².